The van der Waals surface area contributed by atoms with Crippen LogP contribution in [0.25, 0.3) is 33.8 Å². The van der Waals surface area contributed by atoms with Crippen molar-refractivity contribution in [1.82, 2.24) is 19.1 Å². The highest BCUT2D eigenvalue weighted by atomic mass is 28.3. The second-order valence-electron chi connectivity index (χ2n) is 10.2. The molecule has 0 aliphatic carbocycles. The van der Waals surface area contributed by atoms with Gasteiger partial charge in [0, 0.05) is 51.4 Å². The molecule has 0 amide bonds. The lowest BCUT2D eigenvalue weighted by atomic mass is 9.97. The van der Waals surface area contributed by atoms with E-state index in [1.165, 1.54) is 0 Å². The molecule has 0 spiro atoms. The maximum Gasteiger partial charge on any atom is 0.261 e. The Morgan fingerprint density at radius 2 is 1.67 bits per heavy atom. The van der Waals surface area contributed by atoms with Crippen LogP contribution in [0.5, 0.6) is 5.75 Å². The molecule has 0 radical (unpaired) electrons. The molecule has 0 unspecified atom stereocenters. The highest BCUT2D eigenvalue weighted by Gasteiger charge is 2.20. The number of hydrogen-bond donors (Lipinski definition) is 0. The topological polar surface area (TPSA) is 71.2 Å². The number of aromatic nitrogens is 4. The molecule has 0 fully saturated rings. The largest absolute Gasteiger partial charge is 0.497 e. The van der Waals surface area contributed by atoms with E-state index in [0.29, 0.717) is 24.7 Å². The fourth-order valence-electron chi connectivity index (χ4n) is 4.15. The third kappa shape index (κ3) is 5.66. The van der Waals surface area contributed by atoms with Crippen LogP contribution < -0.4 is 10.3 Å². The van der Waals surface area contributed by atoms with Crippen LogP contribution in [-0.2, 0) is 18.5 Å². The van der Waals surface area contributed by atoms with Crippen molar-refractivity contribution in [2.45, 2.75) is 39.3 Å². The van der Waals surface area contributed by atoms with Crippen molar-refractivity contribution in [3.63, 3.8) is 0 Å². The van der Waals surface area contributed by atoms with E-state index in [1.807, 2.05) is 60.2 Å². The lowest BCUT2D eigenvalue weighted by molar-refractivity contribution is 0.0882. The van der Waals surface area contributed by atoms with Crippen LogP contribution >= 0.6 is 0 Å². The quantitative estimate of drug-likeness (QED) is 0.220. The van der Waals surface area contributed by atoms with Crippen molar-refractivity contribution in [3.8, 4) is 39.5 Å². The van der Waals surface area contributed by atoms with Crippen molar-refractivity contribution in [2.24, 2.45) is 7.05 Å². The molecular weight excluding hydrogens is 468 g/mol. The molecule has 8 heteroatoms. The van der Waals surface area contributed by atoms with Gasteiger partial charge in [-0.1, -0.05) is 31.8 Å². The SMILES string of the molecule is COc1ccc(-c2cc(-c3nc(C)cn3COCC[Si](C)(C)C)c(=O)n(C)c2-c2ccncc2)cc1. The fraction of sp³-hybridized carbons (Fsp3) is 0.321. The molecule has 36 heavy (non-hydrogen) atoms. The molecule has 0 bridgehead atoms. The van der Waals surface area contributed by atoms with Crippen LogP contribution in [0.3, 0.4) is 0 Å². The molecule has 0 saturated heterocycles. The molecule has 1 aromatic carbocycles. The summed E-state index contributed by atoms with van der Waals surface area (Å²) in [5.41, 5.74) is 4.88. The Labute approximate surface area is 213 Å². The number of hydrogen-bond acceptors (Lipinski definition) is 5. The molecule has 0 aliphatic rings. The molecule has 188 valence electrons. The molecule has 0 N–H and O–H groups in total. The van der Waals surface area contributed by atoms with Crippen LogP contribution in [0, 0.1) is 6.92 Å². The van der Waals surface area contributed by atoms with Crippen molar-refractivity contribution >= 4 is 8.07 Å². The molecule has 0 aliphatic heterocycles. The fourth-order valence-corrected chi connectivity index (χ4v) is 4.91. The van der Waals surface area contributed by atoms with E-state index in [9.17, 15) is 4.79 Å². The number of rotatable bonds is 9. The molecule has 0 saturated carbocycles. The summed E-state index contributed by atoms with van der Waals surface area (Å²) in [7, 11) is 2.26. The Bertz CT molecular complexity index is 1390. The van der Waals surface area contributed by atoms with E-state index in [1.54, 1.807) is 31.1 Å². The Morgan fingerprint density at radius 3 is 2.31 bits per heavy atom. The summed E-state index contributed by atoms with van der Waals surface area (Å²) >= 11 is 0. The lowest BCUT2D eigenvalue weighted by Gasteiger charge is -2.18. The zero-order valence-electron chi connectivity index (χ0n) is 21.9. The third-order valence-corrected chi connectivity index (χ3v) is 7.84. The number of methoxy groups -OCH3 is 1. The highest BCUT2D eigenvalue weighted by molar-refractivity contribution is 6.76. The normalized spacial score (nSPS) is 11.6. The number of pyridine rings is 2. The van der Waals surface area contributed by atoms with Gasteiger partial charge < -0.3 is 18.6 Å². The van der Waals surface area contributed by atoms with E-state index in [0.717, 1.165) is 39.9 Å². The van der Waals surface area contributed by atoms with Crippen LogP contribution in [-0.4, -0.2) is 40.9 Å². The molecule has 0 atom stereocenters. The number of benzene rings is 1. The van der Waals surface area contributed by atoms with Gasteiger partial charge in [-0.05, 0) is 48.9 Å². The van der Waals surface area contributed by atoms with Crippen LogP contribution in [0.15, 0.2) is 65.8 Å². The summed E-state index contributed by atoms with van der Waals surface area (Å²) in [6.45, 7) is 9.98. The van der Waals surface area contributed by atoms with Gasteiger partial charge in [0.05, 0.1) is 24.1 Å². The van der Waals surface area contributed by atoms with Gasteiger partial charge in [0.25, 0.3) is 5.56 Å². The van der Waals surface area contributed by atoms with E-state index in [4.69, 9.17) is 14.5 Å². The maximum absolute atomic E-state index is 13.7. The molecule has 3 heterocycles. The van der Waals surface area contributed by atoms with E-state index in [2.05, 4.69) is 24.6 Å². The average molecular weight is 503 g/mol. The van der Waals surface area contributed by atoms with Gasteiger partial charge in [0.2, 0.25) is 0 Å². The van der Waals surface area contributed by atoms with Crippen molar-refractivity contribution in [3.05, 3.63) is 77.1 Å². The van der Waals surface area contributed by atoms with Gasteiger partial charge >= 0.3 is 0 Å². The summed E-state index contributed by atoms with van der Waals surface area (Å²) in [6.07, 6.45) is 5.41. The zero-order chi connectivity index (χ0) is 25.9. The van der Waals surface area contributed by atoms with Gasteiger partial charge in [-0.15, -0.1) is 0 Å². The predicted molar refractivity (Wildman–Crippen MR) is 147 cm³/mol. The number of aryl methyl sites for hydroxylation is 1. The number of nitrogens with zero attached hydrogens (tertiary/aromatic N) is 4. The van der Waals surface area contributed by atoms with E-state index in [-0.39, 0.29) is 5.56 Å². The van der Waals surface area contributed by atoms with Crippen molar-refractivity contribution in [1.29, 1.82) is 0 Å². The number of ether oxygens (including phenoxy) is 2. The monoisotopic (exact) mass is 502 g/mol. The Morgan fingerprint density at radius 1 is 0.972 bits per heavy atom. The Kier molecular flexibility index (Phi) is 7.56. The van der Waals surface area contributed by atoms with Crippen molar-refractivity contribution < 1.29 is 9.47 Å². The minimum Gasteiger partial charge on any atom is -0.497 e. The zero-order valence-corrected chi connectivity index (χ0v) is 22.9. The maximum atomic E-state index is 13.7. The van der Waals surface area contributed by atoms with E-state index >= 15 is 0 Å². The first-order valence-electron chi connectivity index (χ1n) is 12.1. The third-order valence-electron chi connectivity index (χ3n) is 6.13. The second kappa shape index (κ2) is 10.6. The van der Waals surface area contributed by atoms with Gasteiger partial charge in [0.1, 0.15) is 18.3 Å². The minimum atomic E-state index is -1.19. The molecule has 4 rings (SSSR count). The first kappa shape index (κ1) is 25.6. The summed E-state index contributed by atoms with van der Waals surface area (Å²) in [5.74, 6) is 1.38. The summed E-state index contributed by atoms with van der Waals surface area (Å²) in [4.78, 5) is 22.6. The molecule has 4 aromatic rings. The van der Waals surface area contributed by atoms with Gasteiger partial charge in [-0.2, -0.15) is 0 Å². The Balaban J connectivity index is 1.83. The van der Waals surface area contributed by atoms with Crippen molar-refractivity contribution in [2.75, 3.05) is 13.7 Å². The Hall–Kier alpha value is -3.49. The molecular formula is C28H34N4O3Si. The summed E-state index contributed by atoms with van der Waals surface area (Å²) < 4.78 is 15.0. The van der Waals surface area contributed by atoms with Crippen LogP contribution in [0.4, 0.5) is 0 Å². The first-order valence-corrected chi connectivity index (χ1v) is 15.8. The van der Waals surface area contributed by atoms with Gasteiger partial charge in [0.15, 0.2) is 0 Å². The second-order valence-corrected chi connectivity index (χ2v) is 15.8. The highest BCUT2D eigenvalue weighted by Crippen LogP contribution is 2.34. The molecule has 3 aromatic heterocycles. The van der Waals surface area contributed by atoms with Crippen LogP contribution in [0.2, 0.25) is 25.7 Å². The average Bonchev–Trinajstić information content (AvgIpc) is 3.23. The molecule has 7 nitrogen and oxygen atoms in total. The van der Waals surface area contributed by atoms with Crippen LogP contribution in [0.1, 0.15) is 5.69 Å². The minimum absolute atomic E-state index is 0.118. The standard InChI is InChI=1S/C28H34N4O3Si/c1-20-18-32(19-35-15-16-36(4,5)6)27(30-20)25-17-24(21-7-9-23(34-3)10-8-21)26(31(2)28(25)33)22-11-13-29-14-12-22/h7-14,17-18H,15-16,19H2,1-6H3. The smallest absolute Gasteiger partial charge is 0.261 e. The van der Waals surface area contributed by atoms with E-state index < -0.39 is 8.07 Å². The first-order chi connectivity index (χ1) is 17.2. The summed E-state index contributed by atoms with van der Waals surface area (Å²) in [5, 5.41) is 0. The number of imidazole rings is 1. The van der Waals surface area contributed by atoms with Gasteiger partial charge in [-0.3, -0.25) is 9.78 Å². The van der Waals surface area contributed by atoms with Gasteiger partial charge in [-0.25, -0.2) is 4.98 Å². The predicted octanol–water partition coefficient (Wildman–Crippen LogP) is 5.61. The summed E-state index contributed by atoms with van der Waals surface area (Å²) in [6, 6.07) is 14.7. The lowest BCUT2D eigenvalue weighted by Crippen LogP contribution is -2.23.